The first kappa shape index (κ1) is 14.5. The minimum Gasteiger partial charge on any atom is -0.218 e. The van der Waals surface area contributed by atoms with E-state index >= 15 is 0 Å². The average Bonchev–Trinajstić information content (AvgIpc) is 2.48. The maximum atomic E-state index is 12.3. The van der Waals surface area contributed by atoms with Crippen molar-refractivity contribution in [3.05, 3.63) is 71.5 Å². The Labute approximate surface area is 118 Å². The highest BCUT2D eigenvalue weighted by atomic mass is 32.3. The zero-order chi connectivity index (χ0) is 14.8. The van der Waals surface area contributed by atoms with E-state index in [-0.39, 0.29) is 9.79 Å². The number of hydrogen-bond acceptors (Lipinski definition) is 4. The predicted molar refractivity (Wildman–Crippen MR) is 76.4 cm³/mol. The van der Waals surface area contributed by atoms with Crippen LogP contribution in [-0.2, 0) is 19.7 Å². The lowest BCUT2D eigenvalue weighted by atomic mass is 10.4. The monoisotopic (exact) mass is 308 g/mol. The number of hydrogen-bond donors (Lipinski definition) is 0. The molecule has 20 heavy (non-hydrogen) atoms. The second-order valence-corrected chi connectivity index (χ2v) is 8.21. The van der Waals surface area contributed by atoms with Gasteiger partial charge in [-0.1, -0.05) is 43.0 Å². The standard InChI is InChI=1S/C14H12O4S2/c1-12(19(15,16)13-8-4-2-5-9-13)20(17,18)14-10-6-3-7-11-14/h2-11H,1H2. The molecule has 0 atom stereocenters. The second kappa shape index (κ2) is 5.22. The van der Waals surface area contributed by atoms with Gasteiger partial charge in [-0.3, -0.25) is 0 Å². The Kier molecular flexibility index (Phi) is 3.78. The lowest BCUT2D eigenvalue weighted by Gasteiger charge is -2.08. The fraction of sp³-hybridized carbons (Fsp3) is 0. The molecule has 0 saturated heterocycles. The third kappa shape index (κ3) is 2.52. The summed E-state index contributed by atoms with van der Waals surface area (Å²) in [6, 6.07) is 14.7. The Morgan fingerprint density at radius 2 is 0.950 bits per heavy atom. The van der Waals surface area contributed by atoms with Crippen molar-refractivity contribution in [3.8, 4) is 0 Å². The van der Waals surface area contributed by atoms with E-state index in [1.54, 1.807) is 12.1 Å². The molecule has 0 N–H and O–H groups in total. The van der Waals surface area contributed by atoms with Gasteiger partial charge in [0.05, 0.1) is 9.79 Å². The van der Waals surface area contributed by atoms with E-state index in [9.17, 15) is 16.8 Å². The van der Waals surface area contributed by atoms with Gasteiger partial charge in [0, 0.05) is 0 Å². The molecule has 0 heterocycles. The Hall–Kier alpha value is -1.92. The van der Waals surface area contributed by atoms with Crippen LogP contribution in [0.15, 0.2) is 81.3 Å². The molecule has 0 aliphatic heterocycles. The van der Waals surface area contributed by atoms with Gasteiger partial charge < -0.3 is 0 Å². The summed E-state index contributed by atoms with van der Waals surface area (Å²) in [7, 11) is -8.25. The van der Waals surface area contributed by atoms with Crippen molar-refractivity contribution in [2.24, 2.45) is 0 Å². The molecule has 0 bridgehead atoms. The van der Waals surface area contributed by atoms with E-state index in [0.717, 1.165) is 0 Å². The molecule has 0 amide bonds. The van der Waals surface area contributed by atoms with E-state index in [0.29, 0.717) is 0 Å². The highest BCUT2D eigenvalue weighted by Gasteiger charge is 2.31. The van der Waals surface area contributed by atoms with Crippen molar-refractivity contribution in [2.75, 3.05) is 0 Å². The third-order valence-electron chi connectivity index (χ3n) is 2.71. The zero-order valence-electron chi connectivity index (χ0n) is 10.4. The molecule has 4 nitrogen and oxygen atoms in total. The van der Waals surface area contributed by atoms with Crippen LogP contribution in [0.3, 0.4) is 0 Å². The topological polar surface area (TPSA) is 68.3 Å². The van der Waals surface area contributed by atoms with Crippen LogP contribution < -0.4 is 0 Å². The van der Waals surface area contributed by atoms with Crippen molar-refractivity contribution in [1.82, 2.24) is 0 Å². The molecule has 6 heteroatoms. The summed E-state index contributed by atoms with van der Waals surface area (Å²) >= 11 is 0. The van der Waals surface area contributed by atoms with Gasteiger partial charge >= 0.3 is 0 Å². The van der Waals surface area contributed by atoms with Crippen LogP contribution in [0.25, 0.3) is 0 Å². The molecule has 0 aromatic heterocycles. The van der Waals surface area contributed by atoms with Crippen LogP contribution in [0.1, 0.15) is 0 Å². The first-order valence-electron chi connectivity index (χ1n) is 5.66. The Balaban J connectivity index is 2.53. The van der Waals surface area contributed by atoms with Gasteiger partial charge in [0.2, 0.25) is 19.7 Å². The van der Waals surface area contributed by atoms with Gasteiger partial charge in [-0.05, 0) is 24.3 Å². The minimum absolute atomic E-state index is 0.0930. The molecule has 0 aliphatic rings. The summed E-state index contributed by atoms with van der Waals surface area (Å²) < 4.78 is 48.3. The first-order valence-corrected chi connectivity index (χ1v) is 8.62. The van der Waals surface area contributed by atoms with Crippen LogP contribution in [0.5, 0.6) is 0 Å². The van der Waals surface area contributed by atoms with Crippen molar-refractivity contribution in [1.29, 1.82) is 0 Å². The Bertz CT molecular complexity index is 750. The third-order valence-corrected chi connectivity index (χ3v) is 7.01. The summed E-state index contributed by atoms with van der Waals surface area (Å²) in [5.74, 6) is 0. The summed E-state index contributed by atoms with van der Waals surface area (Å²) in [6.07, 6.45) is 0. The number of sulfone groups is 2. The molecule has 2 rings (SSSR count). The van der Waals surface area contributed by atoms with Crippen LogP contribution in [-0.4, -0.2) is 16.8 Å². The fourth-order valence-electron chi connectivity index (χ4n) is 1.61. The summed E-state index contributed by atoms with van der Waals surface area (Å²) in [6.45, 7) is 3.27. The fourth-order valence-corrected chi connectivity index (χ4v) is 4.90. The maximum Gasteiger partial charge on any atom is 0.217 e. The van der Waals surface area contributed by atoms with Crippen LogP contribution >= 0.6 is 0 Å². The molecule has 0 aliphatic carbocycles. The maximum absolute atomic E-state index is 12.3. The molecule has 2 aromatic carbocycles. The Morgan fingerprint density at radius 1 is 0.650 bits per heavy atom. The molecule has 0 saturated carbocycles. The normalized spacial score (nSPS) is 12.0. The lowest BCUT2D eigenvalue weighted by molar-refractivity contribution is 0.595. The van der Waals surface area contributed by atoms with Crippen LogP contribution in [0.4, 0.5) is 0 Å². The number of benzene rings is 2. The van der Waals surface area contributed by atoms with E-state index in [1.165, 1.54) is 48.5 Å². The highest BCUT2D eigenvalue weighted by Crippen LogP contribution is 2.27. The lowest BCUT2D eigenvalue weighted by Crippen LogP contribution is -2.14. The van der Waals surface area contributed by atoms with Crippen molar-refractivity contribution in [3.63, 3.8) is 0 Å². The minimum atomic E-state index is -4.13. The van der Waals surface area contributed by atoms with Crippen molar-refractivity contribution < 1.29 is 16.8 Å². The van der Waals surface area contributed by atoms with Gasteiger partial charge in [-0.2, -0.15) is 0 Å². The number of rotatable bonds is 4. The van der Waals surface area contributed by atoms with E-state index < -0.39 is 23.9 Å². The van der Waals surface area contributed by atoms with E-state index in [4.69, 9.17) is 0 Å². The quantitative estimate of drug-likeness (QED) is 0.870. The largest absolute Gasteiger partial charge is 0.218 e. The first-order chi connectivity index (χ1) is 9.37. The second-order valence-electron chi connectivity index (χ2n) is 4.00. The smallest absolute Gasteiger partial charge is 0.217 e. The van der Waals surface area contributed by atoms with Gasteiger partial charge in [0.1, 0.15) is 0 Å². The molecule has 0 radical (unpaired) electrons. The SMILES string of the molecule is C=C(S(=O)(=O)c1ccccc1)S(=O)(=O)c1ccccc1. The van der Waals surface area contributed by atoms with Gasteiger partial charge in [-0.15, -0.1) is 0 Å². The van der Waals surface area contributed by atoms with Crippen molar-refractivity contribution in [2.45, 2.75) is 9.79 Å². The molecular weight excluding hydrogens is 296 g/mol. The average molecular weight is 308 g/mol. The summed E-state index contributed by atoms with van der Waals surface area (Å²) in [5, 5.41) is 0. The van der Waals surface area contributed by atoms with E-state index in [2.05, 4.69) is 6.58 Å². The summed E-state index contributed by atoms with van der Waals surface area (Å²) in [4.78, 5) is -0.186. The molecule has 0 spiro atoms. The molecule has 0 unspecified atom stereocenters. The van der Waals surface area contributed by atoms with E-state index in [1.807, 2.05) is 0 Å². The molecular formula is C14H12O4S2. The van der Waals surface area contributed by atoms with Crippen LogP contribution in [0, 0.1) is 0 Å². The molecule has 104 valence electrons. The van der Waals surface area contributed by atoms with Crippen LogP contribution in [0.2, 0.25) is 0 Å². The van der Waals surface area contributed by atoms with Gasteiger partial charge in [0.25, 0.3) is 0 Å². The van der Waals surface area contributed by atoms with Gasteiger partial charge in [0.15, 0.2) is 4.24 Å². The summed E-state index contributed by atoms with van der Waals surface area (Å²) in [5.41, 5.74) is 0. The van der Waals surface area contributed by atoms with Crippen molar-refractivity contribution >= 4 is 19.7 Å². The highest BCUT2D eigenvalue weighted by molar-refractivity contribution is 8.14. The molecule has 2 aromatic rings. The Morgan fingerprint density at radius 3 is 1.25 bits per heavy atom. The molecule has 0 fully saturated rings. The van der Waals surface area contributed by atoms with Gasteiger partial charge in [-0.25, -0.2) is 16.8 Å². The predicted octanol–water partition coefficient (Wildman–Crippen LogP) is 2.41. The zero-order valence-corrected chi connectivity index (χ0v) is 12.1.